The first kappa shape index (κ1) is 13.3. The number of halogens is 2. The molecule has 0 saturated carbocycles. The van der Waals surface area contributed by atoms with Crippen LogP contribution in [-0.2, 0) is 0 Å². The van der Waals surface area contributed by atoms with E-state index in [1.54, 1.807) is 12.1 Å². The van der Waals surface area contributed by atoms with Gasteiger partial charge in [-0.2, -0.15) is 0 Å². The average Bonchev–Trinajstić information content (AvgIpc) is 2.34. The maximum absolute atomic E-state index is 13.6. The van der Waals surface area contributed by atoms with Crippen LogP contribution in [0.1, 0.15) is 10.4 Å². The monoisotopic (exact) mass is 324 g/mol. The summed E-state index contributed by atoms with van der Waals surface area (Å²) in [5, 5.41) is 2.75. The molecule has 7 heteroatoms. The summed E-state index contributed by atoms with van der Waals surface area (Å²) in [6.45, 7) is 0. The Balaban J connectivity index is 2.33. The third kappa shape index (κ3) is 3.00. The van der Waals surface area contributed by atoms with Crippen molar-refractivity contribution in [3.8, 4) is 0 Å². The average molecular weight is 325 g/mol. The van der Waals surface area contributed by atoms with Gasteiger partial charge in [-0.25, -0.2) is 9.37 Å². The second-order valence-electron chi connectivity index (χ2n) is 3.77. The zero-order valence-corrected chi connectivity index (χ0v) is 11.2. The molecule has 0 unspecified atom stereocenters. The lowest BCUT2D eigenvalue weighted by Gasteiger charge is -2.09. The first-order chi connectivity index (χ1) is 8.97. The molecule has 1 aromatic heterocycles. The van der Waals surface area contributed by atoms with Crippen LogP contribution in [0.4, 0.5) is 21.6 Å². The predicted octanol–water partition coefficient (Wildman–Crippen LogP) is 2.41. The number of primary amides is 1. The van der Waals surface area contributed by atoms with Gasteiger partial charge in [0.15, 0.2) is 0 Å². The highest BCUT2D eigenvalue weighted by Gasteiger charge is 2.09. The summed E-state index contributed by atoms with van der Waals surface area (Å²) in [7, 11) is 0. The summed E-state index contributed by atoms with van der Waals surface area (Å²) in [5.41, 5.74) is 11.3. The Hall–Kier alpha value is -2.15. The quantitative estimate of drug-likeness (QED) is 0.808. The van der Waals surface area contributed by atoms with Crippen molar-refractivity contribution >= 4 is 39.0 Å². The van der Waals surface area contributed by atoms with Gasteiger partial charge in [-0.1, -0.05) is 15.9 Å². The van der Waals surface area contributed by atoms with Crippen molar-refractivity contribution in [1.82, 2.24) is 4.98 Å². The van der Waals surface area contributed by atoms with Gasteiger partial charge >= 0.3 is 0 Å². The van der Waals surface area contributed by atoms with Gasteiger partial charge in [0.1, 0.15) is 11.6 Å². The van der Waals surface area contributed by atoms with Crippen LogP contribution < -0.4 is 16.8 Å². The fraction of sp³-hybridized carbons (Fsp3) is 0. The first-order valence-corrected chi connectivity index (χ1v) is 6.04. The fourth-order valence-corrected chi connectivity index (χ4v) is 1.81. The number of pyridine rings is 1. The molecule has 2 aromatic rings. The van der Waals surface area contributed by atoms with E-state index in [9.17, 15) is 9.18 Å². The molecule has 0 fully saturated rings. The van der Waals surface area contributed by atoms with Crippen molar-refractivity contribution in [1.29, 1.82) is 0 Å². The number of nitrogen functional groups attached to an aromatic ring is 1. The minimum Gasteiger partial charge on any atom is -0.397 e. The molecule has 5 nitrogen and oxygen atoms in total. The zero-order chi connectivity index (χ0) is 14.0. The predicted molar refractivity (Wildman–Crippen MR) is 74.5 cm³/mol. The second kappa shape index (κ2) is 5.23. The van der Waals surface area contributed by atoms with Crippen molar-refractivity contribution in [3.63, 3.8) is 0 Å². The van der Waals surface area contributed by atoms with Crippen LogP contribution in [0.15, 0.2) is 34.9 Å². The number of amides is 1. The fourth-order valence-electron chi connectivity index (χ4n) is 1.48. The molecule has 98 valence electrons. The molecule has 0 spiro atoms. The standard InChI is InChI=1S/C12H10BrFN4O/c13-6-1-2-10(8(14)3-6)18-11-4-7(12(16)19)9(15)5-17-11/h1-5H,15H2,(H2,16,19)(H,17,18). The Labute approximate surface area is 116 Å². The Kier molecular flexibility index (Phi) is 3.66. The topological polar surface area (TPSA) is 94.0 Å². The van der Waals surface area contributed by atoms with Crippen LogP contribution in [0.3, 0.4) is 0 Å². The van der Waals surface area contributed by atoms with E-state index >= 15 is 0 Å². The minimum atomic E-state index is -0.667. The molecular formula is C12H10BrFN4O. The molecule has 19 heavy (non-hydrogen) atoms. The van der Waals surface area contributed by atoms with Crippen LogP contribution in [0.25, 0.3) is 0 Å². The van der Waals surface area contributed by atoms with Gasteiger partial charge in [-0.3, -0.25) is 4.79 Å². The van der Waals surface area contributed by atoms with Crippen molar-refractivity contribution in [2.24, 2.45) is 5.73 Å². The smallest absolute Gasteiger partial charge is 0.250 e. The summed E-state index contributed by atoms with van der Waals surface area (Å²) in [4.78, 5) is 15.1. The molecule has 1 aromatic carbocycles. The highest BCUT2D eigenvalue weighted by Crippen LogP contribution is 2.23. The van der Waals surface area contributed by atoms with Gasteiger partial charge in [-0.05, 0) is 24.3 Å². The van der Waals surface area contributed by atoms with Gasteiger partial charge in [0, 0.05) is 4.47 Å². The number of anilines is 3. The molecule has 2 rings (SSSR count). The van der Waals surface area contributed by atoms with Gasteiger partial charge < -0.3 is 16.8 Å². The molecule has 1 heterocycles. The lowest BCUT2D eigenvalue weighted by molar-refractivity contribution is 0.100. The summed E-state index contributed by atoms with van der Waals surface area (Å²) in [6, 6.07) is 5.91. The molecular weight excluding hydrogens is 315 g/mol. The number of benzene rings is 1. The largest absolute Gasteiger partial charge is 0.397 e. The van der Waals surface area contributed by atoms with Crippen LogP contribution >= 0.6 is 15.9 Å². The number of hydrogen-bond donors (Lipinski definition) is 3. The maximum Gasteiger partial charge on any atom is 0.250 e. The normalized spacial score (nSPS) is 10.2. The third-order valence-electron chi connectivity index (χ3n) is 2.39. The molecule has 0 radical (unpaired) electrons. The highest BCUT2D eigenvalue weighted by molar-refractivity contribution is 9.10. The second-order valence-corrected chi connectivity index (χ2v) is 4.69. The molecule has 0 bridgehead atoms. The SMILES string of the molecule is NC(=O)c1cc(Nc2ccc(Br)cc2F)ncc1N. The van der Waals surface area contributed by atoms with Gasteiger partial charge in [-0.15, -0.1) is 0 Å². The van der Waals surface area contributed by atoms with Crippen LogP contribution in [-0.4, -0.2) is 10.9 Å². The van der Waals surface area contributed by atoms with E-state index < -0.39 is 11.7 Å². The number of nitrogens with zero attached hydrogens (tertiary/aromatic N) is 1. The molecule has 0 aliphatic rings. The number of carbonyl (C=O) groups is 1. The Morgan fingerprint density at radius 2 is 2.11 bits per heavy atom. The minimum absolute atomic E-state index is 0.134. The van der Waals surface area contributed by atoms with Crippen LogP contribution in [0, 0.1) is 5.82 Å². The van der Waals surface area contributed by atoms with E-state index in [-0.39, 0.29) is 22.8 Å². The Morgan fingerprint density at radius 3 is 2.74 bits per heavy atom. The van der Waals surface area contributed by atoms with Gasteiger partial charge in [0.2, 0.25) is 0 Å². The van der Waals surface area contributed by atoms with Gasteiger partial charge in [0.05, 0.1) is 23.1 Å². The summed E-state index contributed by atoms with van der Waals surface area (Å²) in [5.74, 6) is -0.836. The van der Waals surface area contributed by atoms with E-state index in [0.717, 1.165) is 0 Å². The Morgan fingerprint density at radius 1 is 1.37 bits per heavy atom. The van der Waals surface area contributed by atoms with E-state index in [2.05, 4.69) is 26.2 Å². The number of aromatic nitrogens is 1. The summed E-state index contributed by atoms with van der Waals surface area (Å²) < 4.78 is 14.3. The van der Waals surface area contributed by atoms with Crippen molar-refractivity contribution in [3.05, 3.63) is 46.3 Å². The first-order valence-electron chi connectivity index (χ1n) is 5.25. The number of nitrogens with two attached hydrogens (primary N) is 2. The molecule has 0 aliphatic heterocycles. The van der Waals surface area contributed by atoms with Crippen LogP contribution in [0.2, 0.25) is 0 Å². The van der Waals surface area contributed by atoms with E-state index in [1.807, 2.05) is 0 Å². The lowest BCUT2D eigenvalue weighted by atomic mass is 10.2. The van der Waals surface area contributed by atoms with Crippen molar-refractivity contribution in [2.45, 2.75) is 0 Å². The molecule has 0 aliphatic carbocycles. The Bertz CT molecular complexity index is 648. The summed E-state index contributed by atoms with van der Waals surface area (Å²) in [6.07, 6.45) is 1.29. The molecule has 0 saturated heterocycles. The van der Waals surface area contributed by atoms with Crippen molar-refractivity contribution < 1.29 is 9.18 Å². The number of hydrogen-bond acceptors (Lipinski definition) is 4. The molecule has 0 atom stereocenters. The van der Waals surface area contributed by atoms with E-state index in [1.165, 1.54) is 18.3 Å². The number of carbonyl (C=O) groups excluding carboxylic acids is 1. The van der Waals surface area contributed by atoms with Crippen molar-refractivity contribution in [2.75, 3.05) is 11.1 Å². The van der Waals surface area contributed by atoms with E-state index in [0.29, 0.717) is 4.47 Å². The van der Waals surface area contributed by atoms with E-state index in [4.69, 9.17) is 11.5 Å². The maximum atomic E-state index is 13.6. The third-order valence-corrected chi connectivity index (χ3v) is 2.89. The number of rotatable bonds is 3. The van der Waals surface area contributed by atoms with Crippen LogP contribution in [0.5, 0.6) is 0 Å². The summed E-state index contributed by atoms with van der Waals surface area (Å²) >= 11 is 3.16. The molecule has 5 N–H and O–H groups in total. The highest BCUT2D eigenvalue weighted by atomic mass is 79.9. The molecule has 1 amide bonds. The number of nitrogens with one attached hydrogen (secondary N) is 1. The van der Waals surface area contributed by atoms with Gasteiger partial charge in [0.25, 0.3) is 5.91 Å². The zero-order valence-electron chi connectivity index (χ0n) is 9.65. The lowest BCUT2D eigenvalue weighted by Crippen LogP contribution is -2.14.